The SMILES string of the molecule is CC(=O)Nc1ccc(NC(=O)CSc2nnc3[nH]c(=O)c(C)c(C)n23)cc1. The van der Waals surface area contributed by atoms with Gasteiger partial charge < -0.3 is 10.6 Å². The second-order valence-electron chi connectivity index (χ2n) is 5.90. The van der Waals surface area contributed by atoms with Gasteiger partial charge in [0.1, 0.15) is 0 Å². The Morgan fingerprint density at radius 3 is 2.37 bits per heavy atom. The van der Waals surface area contributed by atoms with E-state index in [9.17, 15) is 14.4 Å². The third-order valence-electron chi connectivity index (χ3n) is 3.90. The number of aromatic amines is 1. The fraction of sp³-hybridized carbons (Fsp3) is 0.235. The predicted octanol–water partition coefficient (Wildman–Crippen LogP) is 1.72. The molecule has 0 radical (unpaired) electrons. The van der Waals surface area contributed by atoms with Gasteiger partial charge in [-0.15, -0.1) is 10.2 Å². The molecule has 0 saturated heterocycles. The number of nitrogens with zero attached hydrogens (tertiary/aromatic N) is 3. The van der Waals surface area contributed by atoms with Crippen molar-refractivity contribution < 1.29 is 9.59 Å². The molecule has 0 aliphatic heterocycles. The Balaban J connectivity index is 1.66. The van der Waals surface area contributed by atoms with Crippen molar-refractivity contribution in [1.82, 2.24) is 19.6 Å². The topological polar surface area (TPSA) is 121 Å². The van der Waals surface area contributed by atoms with Gasteiger partial charge >= 0.3 is 0 Å². The second kappa shape index (κ2) is 7.62. The zero-order valence-electron chi connectivity index (χ0n) is 15.0. The van der Waals surface area contributed by atoms with Crippen LogP contribution in [0, 0.1) is 13.8 Å². The fourth-order valence-electron chi connectivity index (χ4n) is 2.44. The number of rotatable bonds is 5. The molecule has 0 aliphatic rings. The van der Waals surface area contributed by atoms with Crippen LogP contribution in [0.15, 0.2) is 34.2 Å². The van der Waals surface area contributed by atoms with E-state index in [1.807, 2.05) is 6.92 Å². The number of carbonyl (C=O) groups is 2. The Kier molecular flexibility index (Phi) is 5.26. The molecular formula is C17H18N6O3S. The van der Waals surface area contributed by atoms with E-state index in [2.05, 4.69) is 25.8 Å². The number of carbonyl (C=O) groups excluding carboxylic acids is 2. The molecule has 2 aromatic heterocycles. The van der Waals surface area contributed by atoms with E-state index in [1.165, 1.54) is 18.7 Å². The summed E-state index contributed by atoms with van der Waals surface area (Å²) < 4.78 is 1.72. The van der Waals surface area contributed by atoms with Crippen LogP contribution in [0.1, 0.15) is 18.2 Å². The number of H-pyrrole nitrogens is 1. The number of aryl methyl sites for hydroxylation is 1. The Hall–Kier alpha value is -3.14. The quantitative estimate of drug-likeness (QED) is 0.574. The maximum Gasteiger partial charge on any atom is 0.255 e. The molecule has 0 atom stereocenters. The molecule has 3 rings (SSSR count). The molecule has 3 N–H and O–H groups in total. The van der Waals surface area contributed by atoms with Crippen LogP contribution in [-0.4, -0.2) is 37.1 Å². The Morgan fingerprint density at radius 2 is 1.74 bits per heavy atom. The second-order valence-corrected chi connectivity index (χ2v) is 6.84. The van der Waals surface area contributed by atoms with Crippen LogP contribution in [0.25, 0.3) is 5.78 Å². The molecule has 140 valence electrons. The average molecular weight is 386 g/mol. The zero-order valence-corrected chi connectivity index (χ0v) is 15.8. The Morgan fingerprint density at radius 1 is 1.11 bits per heavy atom. The predicted molar refractivity (Wildman–Crippen MR) is 103 cm³/mol. The summed E-state index contributed by atoms with van der Waals surface area (Å²) in [6.45, 7) is 4.96. The largest absolute Gasteiger partial charge is 0.326 e. The van der Waals surface area contributed by atoms with E-state index in [-0.39, 0.29) is 23.1 Å². The van der Waals surface area contributed by atoms with Crippen LogP contribution in [-0.2, 0) is 9.59 Å². The smallest absolute Gasteiger partial charge is 0.255 e. The van der Waals surface area contributed by atoms with Gasteiger partial charge in [0.05, 0.1) is 5.75 Å². The average Bonchev–Trinajstić information content (AvgIpc) is 3.02. The zero-order chi connectivity index (χ0) is 19.6. The minimum Gasteiger partial charge on any atom is -0.326 e. The number of benzene rings is 1. The lowest BCUT2D eigenvalue weighted by Gasteiger charge is -2.07. The molecule has 2 amide bonds. The van der Waals surface area contributed by atoms with E-state index in [0.717, 1.165) is 5.69 Å². The van der Waals surface area contributed by atoms with Gasteiger partial charge in [-0.1, -0.05) is 11.8 Å². The molecule has 1 aromatic carbocycles. The van der Waals surface area contributed by atoms with Gasteiger partial charge in [-0.3, -0.25) is 23.8 Å². The van der Waals surface area contributed by atoms with Crippen molar-refractivity contribution in [1.29, 1.82) is 0 Å². The van der Waals surface area contributed by atoms with Gasteiger partial charge in [0, 0.05) is 29.6 Å². The van der Waals surface area contributed by atoms with Crippen molar-refractivity contribution in [2.45, 2.75) is 25.9 Å². The standard InChI is InChI=1S/C17H18N6O3S/c1-9-10(2)23-16(20-15(9)26)21-22-17(23)27-8-14(25)19-13-6-4-12(5-7-13)18-11(3)24/h4-7H,8H2,1-3H3,(H,18,24)(H,19,25)(H,20,21,26). The summed E-state index contributed by atoms with van der Waals surface area (Å²) in [5.74, 6) is 0.115. The highest BCUT2D eigenvalue weighted by Gasteiger charge is 2.14. The lowest BCUT2D eigenvalue weighted by atomic mass is 10.3. The highest BCUT2D eigenvalue weighted by Crippen LogP contribution is 2.19. The molecule has 10 heteroatoms. The third kappa shape index (κ3) is 4.17. The first-order valence-electron chi connectivity index (χ1n) is 8.10. The number of hydrogen-bond donors (Lipinski definition) is 3. The number of hydrogen-bond acceptors (Lipinski definition) is 6. The van der Waals surface area contributed by atoms with Gasteiger partial charge in [0.2, 0.25) is 17.6 Å². The number of nitrogens with one attached hydrogen (secondary N) is 3. The van der Waals surface area contributed by atoms with Crippen molar-refractivity contribution in [3.8, 4) is 0 Å². The fourth-order valence-corrected chi connectivity index (χ4v) is 3.22. The maximum atomic E-state index is 12.2. The summed E-state index contributed by atoms with van der Waals surface area (Å²) in [4.78, 5) is 37.6. The molecule has 0 unspecified atom stereocenters. The van der Waals surface area contributed by atoms with E-state index in [4.69, 9.17) is 0 Å². The normalized spacial score (nSPS) is 10.8. The van der Waals surface area contributed by atoms with Crippen LogP contribution in [0.2, 0.25) is 0 Å². The lowest BCUT2D eigenvalue weighted by Crippen LogP contribution is -2.16. The van der Waals surface area contributed by atoms with Gasteiger partial charge in [-0.2, -0.15) is 0 Å². The molecule has 3 aromatic rings. The first-order chi connectivity index (χ1) is 12.8. The molecule has 2 heterocycles. The van der Waals surface area contributed by atoms with E-state index in [1.54, 1.807) is 35.6 Å². The molecular weight excluding hydrogens is 368 g/mol. The summed E-state index contributed by atoms with van der Waals surface area (Å²) in [6, 6.07) is 6.83. The van der Waals surface area contributed by atoms with Crippen molar-refractivity contribution in [3.63, 3.8) is 0 Å². The van der Waals surface area contributed by atoms with Crippen molar-refractivity contribution in [3.05, 3.63) is 45.9 Å². The molecule has 0 spiro atoms. The first-order valence-corrected chi connectivity index (χ1v) is 9.08. The Labute approximate surface area is 158 Å². The number of thioether (sulfide) groups is 1. The number of anilines is 2. The molecule has 0 aliphatic carbocycles. The minimum atomic E-state index is -0.206. The van der Waals surface area contributed by atoms with Crippen LogP contribution in [0.4, 0.5) is 11.4 Å². The molecule has 0 fully saturated rings. The summed E-state index contributed by atoms with van der Waals surface area (Å²) in [5.41, 5.74) is 2.38. The summed E-state index contributed by atoms with van der Waals surface area (Å²) >= 11 is 1.22. The molecule has 9 nitrogen and oxygen atoms in total. The number of amides is 2. The number of aromatic nitrogens is 4. The monoisotopic (exact) mass is 386 g/mol. The summed E-state index contributed by atoms with van der Waals surface area (Å²) in [7, 11) is 0. The third-order valence-corrected chi connectivity index (χ3v) is 4.83. The highest BCUT2D eigenvalue weighted by molar-refractivity contribution is 7.99. The van der Waals surface area contributed by atoms with Crippen LogP contribution < -0.4 is 16.2 Å². The van der Waals surface area contributed by atoms with Gasteiger partial charge in [-0.25, -0.2) is 0 Å². The highest BCUT2D eigenvalue weighted by atomic mass is 32.2. The molecule has 0 saturated carbocycles. The summed E-state index contributed by atoms with van der Waals surface area (Å²) in [6.07, 6.45) is 0. The minimum absolute atomic E-state index is 0.131. The molecule has 27 heavy (non-hydrogen) atoms. The summed E-state index contributed by atoms with van der Waals surface area (Å²) in [5, 5.41) is 14.0. The van der Waals surface area contributed by atoms with Gasteiger partial charge in [-0.05, 0) is 38.1 Å². The number of fused-ring (bicyclic) bond motifs is 1. The van der Waals surface area contributed by atoms with Crippen molar-refractivity contribution >= 4 is 40.7 Å². The van der Waals surface area contributed by atoms with E-state index >= 15 is 0 Å². The Bertz CT molecular complexity index is 1070. The maximum absolute atomic E-state index is 12.2. The van der Waals surface area contributed by atoms with E-state index in [0.29, 0.717) is 27.9 Å². The van der Waals surface area contributed by atoms with Crippen LogP contribution in [0.3, 0.4) is 0 Å². The van der Waals surface area contributed by atoms with E-state index < -0.39 is 0 Å². The van der Waals surface area contributed by atoms with Crippen LogP contribution >= 0.6 is 11.8 Å². The van der Waals surface area contributed by atoms with Crippen molar-refractivity contribution in [2.75, 3.05) is 16.4 Å². The first kappa shape index (κ1) is 18.6. The van der Waals surface area contributed by atoms with Gasteiger partial charge in [0.15, 0.2) is 5.16 Å². The molecule has 0 bridgehead atoms. The van der Waals surface area contributed by atoms with Crippen molar-refractivity contribution in [2.24, 2.45) is 0 Å². The van der Waals surface area contributed by atoms with Gasteiger partial charge in [0.25, 0.3) is 5.56 Å². The lowest BCUT2D eigenvalue weighted by molar-refractivity contribution is -0.114. The van der Waals surface area contributed by atoms with Crippen LogP contribution in [0.5, 0.6) is 0 Å².